The molecule has 0 radical (unpaired) electrons. The topological polar surface area (TPSA) is 0 Å². The molecule has 0 aliphatic rings. The van der Waals surface area contributed by atoms with Gasteiger partial charge in [0.1, 0.15) is 0 Å². The van der Waals surface area contributed by atoms with E-state index < -0.39 is 0 Å². The molecule has 0 bridgehead atoms. The summed E-state index contributed by atoms with van der Waals surface area (Å²) in [5.41, 5.74) is 1.47. The van der Waals surface area contributed by atoms with E-state index in [0.29, 0.717) is 3.12 Å². The van der Waals surface area contributed by atoms with E-state index >= 15 is 0 Å². The van der Waals surface area contributed by atoms with Gasteiger partial charge in [0.05, 0.1) is 0 Å². The summed E-state index contributed by atoms with van der Waals surface area (Å²) in [7, 11) is 0. The molecule has 0 fully saturated rings. The van der Waals surface area contributed by atoms with E-state index in [4.69, 9.17) is 0 Å². The monoisotopic (exact) mass is 330 g/mol. The van der Waals surface area contributed by atoms with Crippen LogP contribution in [0.3, 0.4) is 0 Å². The van der Waals surface area contributed by atoms with Gasteiger partial charge in [0.2, 0.25) is 0 Å². The van der Waals surface area contributed by atoms with Gasteiger partial charge in [-0.3, -0.25) is 0 Å². The van der Waals surface area contributed by atoms with E-state index in [-0.39, 0.29) is 0 Å². The van der Waals surface area contributed by atoms with Crippen LogP contribution in [-0.2, 0) is 3.12 Å². The fourth-order valence-corrected chi connectivity index (χ4v) is 1.62. The van der Waals surface area contributed by atoms with Crippen molar-refractivity contribution in [1.29, 1.82) is 0 Å². The van der Waals surface area contributed by atoms with Crippen molar-refractivity contribution in [1.82, 2.24) is 0 Å². The summed E-state index contributed by atoms with van der Waals surface area (Å²) in [5.74, 6) is 0. The van der Waals surface area contributed by atoms with Crippen LogP contribution in [-0.4, -0.2) is 24.7 Å². The first kappa shape index (κ1) is 8.20. The second kappa shape index (κ2) is 3.01. The molecule has 0 aromatic heterocycles. The third-order valence-corrected chi connectivity index (χ3v) is 2.81. The van der Waals surface area contributed by atoms with E-state index in [0.717, 1.165) is 24.7 Å². The number of hydrogen-bond donors (Lipinski definition) is 0. The minimum atomic E-state index is 0.460. The van der Waals surface area contributed by atoms with Crippen LogP contribution in [0.2, 0.25) is 0 Å². The van der Waals surface area contributed by atoms with Crippen molar-refractivity contribution in [2.75, 3.05) is 0 Å². The fourth-order valence-electron chi connectivity index (χ4n) is 0.868. The van der Waals surface area contributed by atoms with Crippen molar-refractivity contribution in [2.24, 2.45) is 0 Å². The molecule has 0 aliphatic carbocycles. The predicted octanol–water partition coefficient (Wildman–Crippen LogP) is 1.55. The molecule has 0 spiro atoms. The van der Waals surface area contributed by atoms with Gasteiger partial charge < -0.3 is 0 Å². The number of hydrogen-bond acceptors (Lipinski definition) is 0. The van der Waals surface area contributed by atoms with Gasteiger partial charge in [-0.15, -0.1) is 0 Å². The molecule has 0 aliphatic heterocycles. The van der Waals surface area contributed by atoms with Crippen LogP contribution in [0.15, 0.2) is 30.3 Å². The molecule has 10 heavy (non-hydrogen) atoms. The zero-order valence-electron chi connectivity index (χ0n) is 6.46. The molecule has 1 aromatic carbocycles. The van der Waals surface area contributed by atoms with Crippen LogP contribution >= 0.6 is 0 Å². The Labute approximate surface area is 77.5 Å². The molecule has 0 saturated heterocycles. The van der Waals surface area contributed by atoms with E-state index in [9.17, 15) is 0 Å². The Kier molecular flexibility index (Phi) is 2.46. The quantitative estimate of drug-likeness (QED) is 0.686. The third kappa shape index (κ3) is 2.06. The van der Waals surface area contributed by atoms with Gasteiger partial charge in [0, 0.05) is 0 Å². The molecule has 1 rings (SSSR count). The summed E-state index contributed by atoms with van der Waals surface area (Å²) in [6.07, 6.45) is 0. The third-order valence-electron chi connectivity index (χ3n) is 1.52. The molecular formula is C9H13Bi. The van der Waals surface area contributed by atoms with Crippen molar-refractivity contribution in [3.63, 3.8) is 0 Å². The van der Waals surface area contributed by atoms with Gasteiger partial charge in [-0.05, 0) is 0 Å². The summed E-state index contributed by atoms with van der Waals surface area (Å²) in [4.78, 5) is 0. The number of rotatable bonds is 1. The van der Waals surface area contributed by atoms with E-state index in [1.165, 1.54) is 5.56 Å². The van der Waals surface area contributed by atoms with Crippen molar-refractivity contribution in [3.8, 4) is 0 Å². The molecule has 0 heterocycles. The SMILES string of the molecule is C[C](C)([BiH2])c1ccccc1. The zero-order valence-corrected chi connectivity index (χ0v) is 11.0. The zero-order chi connectivity index (χ0) is 7.61. The second-order valence-corrected chi connectivity index (χ2v) is 8.70. The van der Waals surface area contributed by atoms with Crippen LogP contribution in [0.1, 0.15) is 19.4 Å². The van der Waals surface area contributed by atoms with Crippen molar-refractivity contribution >= 4 is 24.7 Å². The molecule has 1 heteroatoms. The normalized spacial score (nSPS) is 11.5. The maximum absolute atomic E-state index is 2.30. The summed E-state index contributed by atoms with van der Waals surface area (Å²) in [6, 6.07) is 10.7. The minimum absolute atomic E-state index is 0.460. The van der Waals surface area contributed by atoms with Gasteiger partial charge in [-0.2, -0.15) is 0 Å². The molecule has 0 amide bonds. The Morgan fingerprint density at radius 2 is 1.60 bits per heavy atom. The average Bonchev–Trinajstić information content (AvgIpc) is 1.88. The predicted molar refractivity (Wildman–Crippen MR) is 48.0 cm³/mol. The van der Waals surface area contributed by atoms with Crippen LogP contribution in [0.5, 0.6) is 0 Å². The van der Waals surface area contributed by atoms with Gasteiger partial charge in [0.15, 0.2) is 0 Å². The Morgan fingerprint density at radius 1 is 1.10 bits per heavy atom. The second-order valence-electron chi connectivity index (χ2n) is 3.09. The Morgan fingerprint density at radius 3 is 1.90 bits per heavy atom. The van der Waals surface area contributed by atoms with Crippen molar-refractivity contribution in [2.45, 2.75) is 17.0 Å². The summed E-state index contributed by atoms with van der Waals surface area (Å²) >= 11 is 1.01. The van der Waals surface area contributed by atoms with Crippen LogP contribution < -0.4 is 0 Å². The molecule has 54 valence electrons. The summed E-state index contributed by atoms with van der Waals surface area (Å²) in [5, 5.41) is 0. The first-order valence-corrected chi connectivity index (χ1v) is 5.69. The first-order valence-electron chi connectivity index (χ1n) is 3.45. The first-order chi connectivity index (χ1) is 4.61. The fraction of sp³-hybridized carbons (Fsp3) is 0.333. The standard InChI is InChI=1S/C9H11.Bi.2H/c1-8(2)9-6-4-3-5-7-9;;;/h3-7H,1-2H3;;;. The van der Waals surface area contributed by atoms with Crippen molar-refractivity contribution < 1.29 is 0 Å². The Hall–Kier alpha value is 0.103. The maximum atomic E-state index is 2.30. The van der Waals surface area contributed by atoms with Gasteiger partial charge in [-0.25, -0.2) is 0 Å². The van der Waals surface area contributed by atoms with Gasteiger partial charge in [0.25, 0.3) is 0 Å². The van der Waals surface area contributed by atoms with Crippen LogP contribution in [0.4, 0.5) is 0 Å². The van der Waals surface area contributed by atoms with Gasteiger partial charge >= 0.3 is 77.6 Å². The summed E-state index contributed by atoms with van der Waals surface area (Å²) < 4.78 is 0.460. The average molecular weight is 330 g/mol. The van der Waals surface area contributed by atoms with Gasteiger partial charge in [-0.1, -0.05) is 0 Å². The summed E-state index contributed by atoms with van der Waals surface area (Å²) in [6.45, 7) is 4.60. The van der Waals surface area contributed by atoms with Crippen molar-refractivity contribution in [3.05, 3.63) is 35.9 Å². The molecule has 1 aromatic rings. The molecule has 0 unspecified atom stereocenters. The molecule has 0 atom stereocenters. The number of benzene rings is 1. The van der Waals surface area contributed by atoms with Crippen LogP contribution in [0, 0.1) is 0 Å². The molecule has 0 saturated carbocycles. The Balaban J connectivity index is 2.97. The Bertz CT molecular complexity index is 196. The van der Waals surface area contributed by atoms with E-state index in [2.05, 4.69) is 44.2 Å². The molecular weight excluding hydrogens is 317 g/mol. The van der Waals surface area contributed by atoms with E-state index in [1.54, 1.807) is 0 Å². The van der Waals surface area contributed by atoms with Crippen LogP contribution in [0.25, 0.3) is 0 Å². The van der Waals surface area contributed by atoms with E-state index in [1.807, 2.05) is 0 Å². The molecule has 0 nitrogen and oxygen atoms in total. The molecule has 0 N–H and O–H groups in total.